The summed E-state index contributed by atoms with van der Waals surface area (Å²) < 4.78 is 4.79. The lowest BCUT2D eigenvalue weighted by Gasteiger charge is -2.06. The van der Waals surface area contributed by atoms with Crippen molar-refractivity contribution in [1.29, 1.82) is 0 Å². The number of methoxy groups -OCH3 is 1. The van der Waals surface area contributed by atoms with Gasteiger partial charge in [0.15, 0.2) is 0 Å². The maximum absolute atomic E-state index is 11.5. The highest BCUT2D eigenvalue weighted by Gasteiger charge is 2.06. The van der Waals surface area contributed by atoms with Crippen molar-refractivity contribution >= 4 is 17.5 Å². The van der Waals surface area contributed by atoms with Crippen molar-refractivity contribution in [3.05, 3.63) is 24.0 Å². The van der Waals surface area contributed by atoms with E-state index < -0.39 is 0 Å². The standard InChI is InChI=1S/C12H18N4O3/c1-19-5-4-14-12(18)8-16-11(17)6-10-3-2-9(13)7-15-10/h2-3,7H,4-6,8,13H2,1H3,(H,14,18)(H,16,17). The van der Waals surface area contributed by atoms with E-state index in [9.17, 15) is 9.59 Å². The van der Waals surface area contributed by atoms with Gasteiger partial charge in [-0.2, -0.15) is 0 Å². The average molecular weight is 266 g/mol. The van der Waals surface area contributed by atoms with Crippen molar-refractivity contribution in [2.75, 3.05) is 32.5 Å². The van der Waals surface area contributed by atoms with Gasteiger partial charge in [0.25, 0.3) is 0 Å². The normalized spacial score (nSPS) is 9.95. The fourth-order valence-electron chi connectivity index (χ4n) is 1.30. The number of carbonyl (C=O) groups excluding carboxylic acids is 2. The zero-order chi connectivity index (χ0) is 14.1. The van der Waals surface area contributed by atoms with Crippen molar-refractivity contribution in [1.82, 2.24) is 15.6 Å². The van der Waals surface area contributed by atoms with Gasteiger partial charge in [-0.3, -0.25) is 14.6 Å². The Morgan fingerprint density at radius 3 is 2.74 bits per heavy atom. The molecule has 104 valence electrons. The third-order valence-electron chi connectivity index (χ3n) is 2.26. The van der Waals surface area contributed by atoms with Gasteiger partial charge in [-0.15, -0.1) is 0 Å². The number of nitrogens with one attached hydrogen (secondary N) is 2. The molecule has 0 aromatic carbocycles. The molecule has 7 heteroatoms. The van der Waals surface area contributed by atoms with E-state index in [0.717, 1.165) is 0 Å². The number of pyridine rings is 1. The molecular formula is C12H18N4O3. The van der Waals surface area contributed by atoms with Crippen molar-refractivity contribution < 1.29 is 14.3 Å². The molecule has 19 heavy (non-hydrogen) atoms. The Morgan fingerprint density at radius 2 is 2.11 bits per heavy atom. The Hall–Kier alpha value is -2.15. The van der Waals surface area contributed by atoms with Crippen LogP contribution >= 0.6 is 0 Å². The summed E-state index contributed by atoms with van der Waals surface area (Å²) in [6, 6.07) is 3.35. The Bertz CT molecular complexity index is 419. The fourth-order valence-corrected chi connectivity index (χ4v) is 1.30. The van der Waals surface area contributed by atoms with Gasteiger partial charge in [0.1, 0.15) is 0 Å². The lowest BCUT2D eigenvalue weighted by Crippen LogP contribution is -2.38. The van der Waals surface area contributed by atoms with Gasteiger partial charge in [0, 0.05) is 19.3 Å². The minimum Gasteiger partial charge on any atom is -0.397 e. The van der Waals surface area contributed by atoms with Crippen LogP contribution in [0.1, 0.15) is 5.69 Å². The summed E-state index contributed by atoms with van der Waals surface area (Å²) in [5.41, 5.74) is 6.63. The van der Waals surface area contributed by atoms with Crippen LogP contribution < -0.4 is 16.4 Å². The van der Waals surface area contributed by atoms with Gasteiger partial charge in [0.05, 0.1) is 31.5 Å². The summed E-state index contributed by atoms with van der Waals surface area (Å²) in [7, 11) is 1.55. The Labute approximate surface area is 111 Å². The van der Waals surface area contributed by atoms with E-state index in [4.69, 9.17) is 10.5 Å². The number of carbonyl (C=O) groups is 2. The predicted octanol–water partition coefficient (Wildman–Crippen LogP) is -0.915. The minimum atomic E-state index is -0.265. The van der Waals surface area contributed by atoms with Crippen LogP contribution in [0.4, 0.5) is 5.69 Å². The second-order valence-corrected chi connectivity index (χ2v) is 3.88. The van der Waals surface area contributed by atoms with Crippen LogP contribution in [-0.2, 0) is 20.7 Å². The monoisotopic (exact) mass is 266 g/mol. The highest BCUT2D eigenvalue weighted by molar-refractivity contribution is 5.85. The molecule has 0 atom stereocenters. The van der Waals surface area contributed by atoms with Gasteiger partial charge < -0.3 is 21.1 Å². The number of aromatic nitrogens is 1. The van der Waals surface area contributed by atoms with E-state index in [1.54, 1.807) is 19.2 Å². The number of nitrogens with zero attached hydrogens (tertiary/aromatic N) is 1. The third kappa shape index (κ3) is 6.37. The zero-order valence-electron chi connectivity index (χ0n) is 10.8. The molecule has 1 aromatic rings. The van der Waals surface area contributed by atoms with E-state index in [0.29, 0.717) is 24.5 Å². The van der Waals surface area contributed by atoms with Crippen LogP contribution in [0.15, 0.2) is 18.3 Å². The maximum Gasteiger partial charge on any atom is 0.239 e. The Balaban J connectivity index is 2.24. The molecule has 0 saturated heterocycles. The topological polar surface area (TPSA) is 106 Å². The molecule has 1 aromatic heterocycles. The van der Waals surface area contributed by atoms with Gasteiger partial charge in [-0.1, -0.05) is 0 Å². The molecule has 1 rings (SSSR count). The smallest absolute Gasteiger partial charge is 0.239 e. The van der Waals surface area contributed by atoms with Crippen LogP contribution in [0, 0.1) is 0 Å². The number of hydrogen-bond donors (Lipinski definition) is 3. The van der Waals surface area contributed by atoms with E-state index in [1.807, 2.05) is 0 Å². The first-order valence-corrected chi connectivity index (χ1v) is 5.84. The number of anilines is 1. The molecule has 0 fully saturated rings. The molecule has 0 spiro atoms. The molecule has 4 N–H and O–H groups in total. The van der Waals surface area contributed by atoms with Crippen LogP contribution in [0.25, 0.3) is 0 Å². The first-order valence-electron chi connectivity index (χ1n) is 5.84. The Morgan fingerprint density at radius 1 is 1.32 bits per heavy atom. The van der Waals surface area contributed by atoms with Crippen LogP contribution in [0.5, 0.6) is 0 Å². The van der Waals surface area contributed by atoms with E-state index in [-0.39, 0.29) is 24.8 Å². The van der Waals surface area contributed by atoms with Crippen LogP contribution in [-0.4, -0.2) is 43.6 Å². The summed E-state index contributed by atoms with van der Waals surface area (Å²) in [5.74, 6) is -0.519. The van der Waals surface area contributed by atoms with Crippen molar-refractivity contribution in [2.24, 2.45) is 0 Å². The molecule has 0 saturated carbocycles. The summed E-state index contributed by atoms with van der Waals surface area (Å²) in [6.07, 6.45) is 1.60. The van der Waals surface area contributed by atoms with Gasteiger partial charge >= 0.3 is 0 Å². The second-order valence-electron chi connectivity index (χ2n) is 3.88. The molecule has 1 heterocycles. The van der Waals surface area contributed by atoms with Crippen LogP contribution in [0.3, 0.4) is 0 Å². The first-order chi connectivity index (χ1) is 9.11. The molecule has 0 radical (unpaired) electrons. The summed E-state index contributed by atoms with van der Waals surface area (Å²) in [4.78, 5) is 26.9. The lowest BCUT2D eigenvalue weighted by molar-refractivity contribution is -0.125. The molecule has 0 aliphatic rings. The van der Waals surface area contributed by atoms with E-state index in [1.165, 1.54) is 6.20 Å². The second kappa shape index (κ2) is 8.04. The number of nitrogens with two attached hydrogens (primary N) is 1. The Kier molecular flexibility index (Phi) is 6.31. The van der Waals surface area contributed by atoms with Crippen molar-refractivity contribution in [2.45, 2.75) is 6.42 Å². The predicted molar refractivity (Wildman–Crippen MR) is 70.2 cm³/mol. The van der Waals surface area contributed by atoms with E-state index in [2.05, 4.69) is 15.6 Å². The maximum atomic E-state index is 11.5. The highest BCUT2D eigenvalue weighted by atomic mass is 16.5. The molecule has 0 aliphatic carbocycles. The van der Waals surface area contributed by atoms with Gasteiger partial charge in [-0.25, -0.2) is 0 Å². The van der Waals surface area contributed by atoms with Crippen LogP contribution in [0.2, 0.25) is 0 Å². The first kappa shape index (κ1) is 14.9. The highest BCUT2D eigenvalue weighted by Crippen LogP contribution is 2.01. The number of hydrogen-bond acceptors (Lipinski definition) is 5. The average Bonchev–Trinajstić information content (AvgIpc) is 2.39. The largest absolute Gasteiger partial charge is 0.397 e. The van der Waals surface area contributed by atoms with Crippen molar-refractivity contribution in [3.8, 4) is 0 Å². The number of nitrogen functional groups attached to an aromatic ring is 1. The molecule has 0 aliphatic heterocycles. The number of ether oxygens (including phenoxy) is 1. The molecule has 0 bridgehead atoms. The zero-order valence-corrected chi connectivity index (χ0v) is 10.8. The van der Waals surface area contributed by atoms with Gasteiger partial charge in [-0.05, 0) is 12.1 Å². The molecule has 7 nitrogen and oxygen atoms in total. The SMILES string of the molecule is COCCNC(=O)CNC(=O)Cc1ccc(N)cn1. The number of rotatable bonds is 7. The summed E-state index contributed by atoms with van der Waals surface area (Å²) in [6.45, 7) is 0.803. The molecule has 0 unspecified atom stereocenters. The number of amides is 2. The minimum absolute atomic E-state index is 0.0580. The summed E-state index contributed by atoms with van der Waals surface area (Å²) >= 11 is 0. The fraction of sp³-hybridized carbons (Fsp3) is 0.417. The van der Waals surface area contributed by atoms with Crippen molar-refractivity contribution in [3.63, 3.8) is 0 Å². The quantitative estimate of drug-likeness (QED) is 0.554. The third-order valence-corrected chi connectivity index (χ3v) is 2.26. The van der Waals surface area contributed by atoms with E-state index >= 15 is 0 Å². The molecule has 2 amide bonds. The lowest BCUT2D eigenvalue weighted by atomic mass is 10.2. The summed E-state index contributed by atoms with van der Waals surface area (Å²) in [5, 5.41) is 5.11. The molecular weight excluding hydrogens is 248 g/mol. The van der Waals surface area contributed by atoms with Gasteiger partial charge in [0.2, 0.25) is 11.8 Å².